The van der Waals surface area contributed by atoms with Gasteiger partial charge in [0.1, 0.15) is 11.3 Å². The van der Waals surface area contributed by atoms with Crippen LogP contribution >= 0.6 is 0 Å². The highest BCUT2D eigenvalue weighted by molar-refractivity contribution is 6.31. The Labute approximate surface area is 184 Å². The molecule has 0 atom stereocenters. The number of benzene rings is 3. The van der Waals surface area contributed by atoms with E-state index in [-0.39, 0.29) is 29.0 Å². The number of non-ortho nitro benzene ring substituents is 1. The number of carbonyl (C=O) groups excluding carboxylic acids is 1. The molecule has 0 aliphatic rings. The Morgan fingerprint density at radius 1 is 1.03 bits per heavy atom. The van der Waals surface area contributed by atoms with E-state index in [1.165, 1.54) is 12.1 Å². The van der Waals surface area contributed by atoms with Gasteiger partial charge in [-0.05, 0) is 74.0 Å². The van der Waals surface area contributed by atoms with Crippen molar-refractivity contribution in [2.75, 3.05) is 0 Å². The first-order valence-corrected chi connectivity index (χ1v) is 10.0. The number of carbonyl (C=O) groups is 1. The molecule has 0 spiro atoms. The van der Waals surface area contributed by atoms with Crippen LogP contribution in [0.15, 0.2) is 77.2 Å². The van der Waals surface area contributed by atoms with E-state index >= 15 is 0 Å². The first-order valence-electron chi connectivity index (χ1n) is 10.0. The zero-order valence-electron chi connectivity index (χ0n) is 17.5. The van der Waals surface area contributed by atoms with Crippen LogP contribution in [0.4, 0.5) is 5.69 Å². The lowest BCUT2D eigenvalue weighted by atomic mass is 10.0. The zero-order chi connectivity index (χ0) is 22.7. The maximum atomic E-state index is 13.4. The van der Waals surface area contributed by atoms with Gasteiger partial charge >= 0.3 is 0 Å². The van der Waals surface area contributed by atoms with Crippen LogP contribution in [0.25, 0.3) is 22.7 Å². The second-order valence-electron chi connectivity index (χ2n) is 7.41. The van der Waals surface area contributed by atoms with E-state index in [1.54, 1.807) is 54.6 Å². The highest BCUT2D eigenvalue weighted by Gasteiger charge is 2.20. The topological polar surface area (TPSA) is 95.5 Å². The number of Topliss-reactive ketones (excluding diaryl/α,β-unsaturated/α-hetero) is 1. The number of nitro benzene ring substituents is 1. The number of ketones is 1. The van der Waals surface area contributed by atoms with Crippen molar-refractivity contribution in [1.82, 2.24) is 4.98 Å². The molecule has 7 heteroatoms. The first kappa shape index (κ1) is 21.0. The van der Waals surface area contributed by atoms with Crippen LogP contribution in [-0.2, 0) is 0 Å². The third kappa shape index (κ3) is 4.57. The van der Waals surface area contributed by atoms with Gasteiger partial charge in [0.2, 0.25) is 5.89 Å². The first-order chi connectivity index (χ1) is 15.4. The molecule has 7 nitrogen and oxygen atoms in total. The van der Waals surface area contributed by atoms with Crippen LogP contribution < -0.4 is 4.74 Å². The quantitative estimate of drug-likeness (QED) is 0.156. The Morgan fingerprint density at radius 3 is 2.34 bits per heavy atom. The summed E-state index contributed by atoms with van der Waals surface area (Å²) in [4.78, 5) is 28.4. The maximum absolute atomic E-state index is 13.4. The second kappa shape index (κ2) is 8.85. The molecule has 4 rings (SSSR count). The highest BCUT2D eigenvalue weighted by Crippen LogP contribution is 2.27. The van der Waals surface area contributed by atoms with E-state index in [9.17, 15) is 14.9 Å². The van der Waals surface area contributed by atoms with E-state index in [4.69, 9.17) is 9.15 Å². The molecule has 0 aliphatic carbocycles. The monoisotopic (exact) mass is 428 g/mol. The Hall–Kier alpha value is -4.26. The van der Waals surface area contributed by atoms with Gasteiger partial charge in [-0.25, -0.2) is 4.98 Å². The SMILES string of the molecule is CC(C)Oc1ccc(C(=O)/C(=C\c2ccc([N+](=O)[O-])cc2)c2nc3ccccc3o2)cc1. The van der Waals surface area contributed by atoms with Gasteiger partial charge < -0.3 is 9.15 Å². The molecule has 160 valence electrons. The molecule has 32 heavy (non-hydrogen) atoms. The summed E-state index contributed by atoms with van der Waals surface area (Å²) in [6.07, 6.45) is 1.64. The Bertz CT molecular complexity index is 1270. The number of para-hydroxylation sites is 2. The molecule has 0 bridgehead atoms. The normalized spacial score (nSPS) is 11.7. The van der Waals surface area contributed by atoms with E-state index in [2.05, 4.69) is 4.98 Å². The molecule has 1 heterocycles. The molecule has 0 saturated heterocycles. The van der Waals surface area contributed by atoms with Gasteiger partial charge in [0.05, 0.1) is 16.6 Å². The van der Waals surface area contributed by atoms with Crippen LogP contribution in [0.2, 0.25) is 0 Å². The van der Waals surface area contributed by atoms with E-state index in [0.29, 0.717) is 28.0 Å². The van der Waals surface area contributed by atoms with Gasteiger partial charge in [-0.3, -0.25) is 14.9 Å². The summed E-state index contributed by atoms with van der Waals surface area (Å²) in [6, 6.07) is 20.0. The number of fused-ring (bicyclic) bond motifs is 1. The minimum absolute atomic E-state index is 0.0221. The fourth-order valence-corrected chi connectivity index (χ4v) is 3.18. The number of hydrogen-bond donors (Lipinski definition) is 0. The number of nitrogens with zero attached hydrogens (tertiary/aromatic N) is 2. The Kier molecular flexibility index (Phi) is 5.81. The average Bonchev–Trinajstić information content (AvgIpc) is 3.21. The molecule has 0 amide bonds. The maximum Gasteiger partial charge on any atom is 0.269 e. The van der Waals surface area contributed by atoms with Crippen molar-refractivity contribution in [1.29, 1.82) is 0 Å². The summed E-state index contributed by atoms with van der Waals surface area (Å²) in [6.45, 7) is 3.86. The average molecular weight is 428 g/mol. The van der Waals surface area contributed by atoms with Gasteiger partial charge in [0.25, 0.3) is 5.69 Å². The fraction of sp³-hybridized carbons (Fsp3) is 0.120. The number of allylic oxidation sites excluding steroid dienone is 1. The summed E-state index contributed by atoms with van der Waals surface area (Å²) in [5.74, 6) is 0.558. The lowest BCUT2D eigenvalue weighted by Crippen LogP contribution is -2.06. The van der Waals surface area contributed by atoms with Crippen LogP contribution in [0.5, 0.6) is 5.75 Å². The number of nitro groups is 1. The molecular weight excluding hydrogens is 408 g/mol. The molecule has 0 saturated carbocycles. The molecular formula is C25H20N2O5. The van der Waals surface area contributed by atoms with Crippen molar-refractivity contribution in [3.8, 4) is 5.75 Å². The van der Waals surface area contributed by atoms with E-state index in [0.717, 1.165) is 0 Å². The van der Waals surface area contributed by atoms with Gasteiger partial charge in [-0.1, -0.05) is 12.1 Å². The number of hydrogen-bond acceptors (Lipinski definition) is 6. The fourth-order valence-electron chi connectivity index (χ4n) is 3.18. The molecule has 4 aromatic rings. The summed E-state index contributed by atoms with van der Waals surface area (Å²) in [7, 11) is 0. The summed E-state index contributed by atoms with van der Waals surface area (Å²) in [5.41, 5.74) is 2.46. The van der Waals surface area contributed by atoms with Crippen molar-refractivity contribution in [2.24, 2.45) is 0 Å². The van der Waals surface area contributed by atoms with Crippen molar-refractivity contribution >= 4 is 34.2 Å². The summed E-state index contributed by atoms with van der Waals surface area (Å²) < 4.78 is 11.5. The lowest BCUT2D eigenvalue weighted by molar-refractivity contribution is -0.384. The largest absolute Gasteiger partial charge is 0.491 e. The van der Waals surface area contributed by atoms with Crippen molar-refractivity contribution in [2.45, 2.75) is 20.0 Å². The van der Waals surface area contributed by atoms with Crippen molar-refractivity contribution in [3.63, 3.8) is 0 Å². The number of oxazole rings is 1. The van der Waals surface area contributed by atoms with Gasteiger partial charge in [0.15, 0.2) is 11.4 Å². The molecule has 0 N–H and O–H groups in total. The Balaban J connectivity index is 1.76. The minimum Gasteiger partial charge on any atom is -0.491 e. The van der Waals surface area contributed by atoms with Crippen LogP contribution in [-0.4, -0.2) is 21.8 Å². The van der Waals surface area contributed by atoms with Crippen molar-refractivity contribution in [3.05, 3.63) is 99.9 Å². The predicted octanol–water partition coefficient (Wildman–Crippen LogP) is 5.95. The molecule has 1 aromatic heterocycles. The van der Waals surface area contributed by atoms with E-state index in [1.807, 2.05) is 26.0 Å². The second-order valence-corrected chi connectivity index (χ2v) is 7.41. The molecule has 0 fully saturated rings. The molecule has 3 aromatic carbocycles. The van der Waals surface area contributed by atoms with Crippen LogP contribution in [0, 0.1) is 10.1 Å². The van der Waals surface area contributed by atoms with Crippen LogP contribution in [0.3, 0.4) is 0 Å². The van der Waals surface area contributed by atoms with Gasteiger partial charge in [-0.15, -0.1) is 0 Å². The summed E-state index contributed by atoms with van der Waals surface area (Å²) >= 11 is 0. The predicted molar refractivity (Wildman–Crippen MR) is 122 cm³/mol. The van der Waals surface area contributed by atoms with Crippen LogP contribution in [0.1, 0.15) is 35.7 Å². The number of rotatable bonds is 7. The standard InChI is InChI=1S/C25H20N2O5/c1-16(2)31-20-13-9-18(10-14-20)24(28)21(15-17-7-11-19(12-8-17)27(29)30)25-26-22-5-3-4-6-23(22)32-25/h3-16H,1-2H3/b21-15+. The van der Waals surface area contributed by atoms with Crippen molar-refractivity contribution < 1.29 is 18.9 Å². The third-order valence-corrected chi connectivity index (χ3v) is 4.67. The zero-order valence-corrected chi connectivity index (χ0v) is 17.5. The smallest absolute Gasteiger partial charge is 0.269 e. The Morgan fingerprint density at radius 2 is 1.72 bits per heavy atom. The molecule has 0 radical (unpaired) electrons. The minimum atomic E-state index is -0.471. The molecule has 0 aliphatic heterocycles. The van der Waals surface area contributed by atoms with Gasteiger partial charge in [-0.2, -0.15) is 0 Å². The summed E-state index contributed by atoms with van der Waals surface area (Å²) in [5, 5.41) is 10.9. The molecule has 0 unspecified atom stereocenters. The highest BCUT2D eigenvalue weighted by atomic mass is 16.6. The van der Waals surface area contributed by atoms with E-state index < -0.39 is 4.92 Å². The number of ether oxygens (including phenoxy) is 1. The third-order valence-electron chi connectivity index (χ3n) is 4.67. The lowest BCUT2D eigenvalue weighted by Gasteiger charge is -2.10. The number of aromatic nitrogens is 1. The van der Waals surface area contributed by atoms with Gasteiger partial charge in [0, 0.05) is 17.7 Å².